The molecule has 2 heterocycles. The summed E-state index contributed by atoms with van der Waals surface area (Å²) in [4.78, 5) is 2.40. The fourth-order valence-corrected chi connectivity index (χ4v) is 3.07. The highest BCUT2D eigenvalue weighted by molar-refractivity contribution is 5.06. The first-order chi connectivity index (χ1) is 6.69. The van der Waals surface area contributed by atoms with E-state index >= 15 is 0 Å². The van der Waals surface area contributed by atoms with Gasteiger partial charge in [0.15, 0.2) is 0 Å². The average Bonchev–Trinajstić information content (AvgIpc) is 2.72. The molecule has 84 valence electrons. The molecule has 2 aliphatic heterocycles. The SMILES string of the molecule is CC.CC[C@@]12CCCN1[C@@H](C)[C@H](F)C2. The van der Waals surface area contributed by atoms with E-state index in [1.54, 1.807) is 0 Å². The minimum atomic E-state index is -0.578. The monoisotopic (exact) mass is 201 g/mol. The third-order valence-corrected chi connectivity index (χ3v) is 3.90. The van der Waals surface area contributed by atoms with Gasteiger partial charge in [-0.05, 0) is 39.2 Å². The van der Waals surface area contributed by atoms with Crippen molar-refractivity contribution in [3.05, 3.63) is 0 Å². The number of alkyl halides is 1. The molecule has 0 N–H and O–H groups in total. The van der Waals surface area contributed by atoms with Crippen molar-refractivity contribution in [1.82, 2.24) is 4.90 Å². The lowest BCUT2D eigenvalue weighted by Gasteiger charge is -2.32. The van der Waals surface area contributed by atoms with Crippen LogP contribution in [0.2, 0.25) is 0 Å². The van der Waals surface area contributed by atoms with Gasteiger partial charge in [-0.25, -0.2) is 4.39 Å². The van der Waals surface area contributed by atoms with E-state index in [1.807, 2.05) is 20.8 Å². The van der Waals surface area contributed by atoms with Gasteiger partial charge in [0.05, 0.1) is 0 Å². The van der Waals surface area contributed by atoms with E-state index in [4.69, 9.17) is 0 Å². The molecule has 0 spiro atoms. The van der Waals surface area contributed by atoms with Crippen molar-refractivity contribution in [2.75, 3.05) is 6.54 Å². The summed E-state index contributed by atoms with van der Waals surface area (Å²) < 4.78 is 13.4. The van der Waals surface area contributed by atoms with Crippen molar-refractivity contribution < 1.29 is 4.39 Å². The van der Waals surface area contributed by atoms with Crippen molar-refractivity contribution in [3.63, 3.8) is 0 Å². The van der Waals surface area contributed by atoms with Crippen LogP contribution in [0.3, 0.4) is 0 Å². The van der Waals surface area contributed by atoms with Gasteiger partial charge in [0, 0.05) is 11.6 Å². The topological polar surface area (TPSA) is 3.24 Å². The Balaban J connectivity index is 0.000000461. The molecule has 2 saturated heterocycles. The zero-order valence-electron chi connectivity index (χ0n) is 10.0. The molecule has 14 heavy (non-hydrogen) atoms. The molecule has 0 amide bonds. The van der Waals surface area contributed by atoms with Crippen LogP contribution in [0.4, 0.5) is 4.39 Å². The minimum Gasteiger partial charge on any atom is -0.292 e. The fraction of sp³-hybridized carbons (Fsp3) is 1.00. The van der Waals surface area contributed by atoms with Crippen molar-refractivity contribution >= 4 is 0 Å². The maximum Gasteiger partial charge on any atom is 0.117 e. The van der Waals surface area contributed by atoms with Gasteiger partial charge in [-0.1, -0.05) is 20.8 Å². The fourth-order valence-electron chi connectivity index (χ4n) is 3.07. The van der Waals surface area contributed by atoms with Gasteiger partial charge < -0.3 is 0 Å². The minimum absolute atomic E-state index is 0.174. The predicted molar refractivity (Wildman–Crippen MR) is 59.3 cm³/mol. The second-order valence-electron chi connectivity index (χ2n) is 4.34. The van der Waals surface area contributed by atoms with Crippen LogP contribution >= 0.6 is 0 Å². The van der Waals surface area contributed by atoms with Crippen molar-refractivity contribution in [1.29, 1.82) is 0 Å². The molecule has 3 atom stereocenters. The number of nitrogens with zero attached hydrogens (tertiary/aromatic N) is 1. The van der Waals surface area contributed by atoms with Gasteiger partial charge in [0.25, 0.3) is 0 Å². The summed E-state index contributed by atoms with van der Waals surface area (Å²) in [7, 11) is 0. The summed E-state index contributed by atoms with van der Waals surface area (Å²) in [6, 6.07) is 0.174. The predicted octanol–water partition coefficient (Wildman–Crippen LogP) is 3.39. The quantitative estimate of drug-likeness (QED) is 0.628. The summed E-state index contributed by atoms with van der Waals surface area (Å²) in [5.41, 5.74) is 0.249. The van der Waals surface area contributed by atoms with Crippen LogP contribution < -0.4 is 0 Å². The van der Waals surface area contributed by atoms with E-state index in [2.05, 4.69) is 11.8 Å². The van der Waals surface area contributed by atoms with Crippen LogP contribution in [0.1, 0.15) is 53.4 Å². The highest BCUT2D eigenvalue weighted by atomic mass is 19.1. The molecule has 2 fully saturated rings. The lowest BCUT2D eigenvalue weighted by Crippen LogP contribution is -2.40. The van der Waals surface area contributed by atoms with Crippen LogP contribution in [0, 0.1) is 0 Å². The Bertz CT molecular complexity index is 183. The van der Waals surface area contributed by atoms with Crippen molar-refractivity contribution in [2.24, 2.45) is 0 Å². The van der Waals surface area contributed by atoms with Crippen LogP contribution in [0.15, 0.2) is 0 Å². The largest absolute Gasteiger partial charge is 0.292 e. The smallest absolute Gasteiger partial charge is 0.117 e. The standard InChI is InChI=1S/C10H18FN.C2H6/c1-3-10-5-4-6-12(10)8(2)9(11)7-10;1-2/h8-9H,3-7H2,1-2H3;1-2H3/t8-,9+,10-;/m0./s1. The van der Waals surface area contributed by atoms with E-state index in [1.165, 1.54) is 12.8 Å². The molecule has 1 nitrogen and oxygen atoms in total. The van der Waals surface area contributed by atoms with E-state index in [0.717, 1.165) is 19.4 Å². The first kappa shape index (κ1) is 12.0. The maximum absolute atomic E-state index is 13.4. The number of fused-ring (bicyclic) bond motifs is 1. The Kier molecular flexibility index (Phi) is 3.94. The molecule has 0 aromatic rings. The Morgan fingerprint density at radius 3 is 2.57 bits per heavy atom. The van der Waals surface area contributed by atoms with Gasteiger partial charge >= 0.3 is 0 Å². The molecule has 0 bridgehead atoms. The second kappa shape index (κ2) is 4.61. The van der Waals surface area contributed by atoms with Crippen molar-refractivity contribution in [3.8, 4) is 0 Å². The van der Waals surface area contributed by atoms with Crippen molar-refractivity contribution in [2.45, 2.75) is 71.1 Å². The lowest BCUT2D eigenvalue weighted by molar-refractivity contribution is 0.146. The van der Waals surface area contributed by atoms with Gasteiger partial charge in [0.1, 0.15) is 6.17 Å². The van der Waals surface area contributed by atoms with Gasteiger partial charge in [-0.3, -0.25) is 4.90 Å². The van der Waals surface area contributed by atoms with E-state index in [-0.39, 0.29) is 11.6 Å². The maximum atomic E-state index is 13.4. The molecule has 2 aliphatic rings. The van der Waals surface area contributed by atoms with Crippen LogP contribution in [0.5, 0.6) is 0 Å². The highest BCUT2D eigenvalue weighted by Crippen LogP contribution is 2.45. The summed E-state index contributed by atoms with van der Waals surface area (Å²) >= 11 is 0. The molecule has 2 rings (SSSR count). The van der Waals surface area contributed by atoms with Crippen LogP contribution in [-0.4, -0.2) is 29.2 Å². The zero-order chi connectivity index (χ0) is 10.8. The molecule has 0 aromatic carbocycles. The van der Waals surface area contributed by atoms with Crippen LogP contribution in [-0.2, 0) is 0 Å². The van der Waals surface area contributed by atoms with E-state index in [0.29, 0.717) is 0 Å². The molecular weight excluding hydrogens is 177 g/mol. The second-order valence-corrected chi connectivity index (χ2v) is 4.34. The third-order valence-electron chi connectivity index (χ3n) is 3.90. The Labute approximate surface area is 87.7 Å². The first-order valence-corrected chi connectivity index (χ1v) is 6.10. The number of hydrogen-bond acceptors (Lipinski definition) is 1. The molecule has 0 saturated carbocycles. The van der Waals surface area contributed by atoms with E-state index < -0.39 is 6.17 Å². The highest BCUT2D eigenvalue weighted by Gasteiger charge is 2.51. The van der Waals surface area contributed by atoms with Gasteiger partial charge in [-0.15, -0.1) is 0 Å². The van der Waals surface area contributed by atoms with E-state index in [9.17, 15) is 4.39 Å². The number of hydrogen-bond donors (Lipinski definition) is 0. The average molecular weight is 201 g/mol. The Hall–Kier alpha value is -0.110. The Morgan fingerprint density at radius 2 is 2.07 bits per heavy atom. The summed E-state index contributed by atoms with van der Waals surface area (Å²) in [6.45, 7) is 9.35. The third kappa shape index (κ3) is 1.69. The van der Waals surface area contributed by atoms with Gasteiger partial charge in [-0.2, -0.15) is 0 Å². The zero-order valence-corrected chi connectivity index (χ0v) is 10.0. The summed E-state index contributed by atoms with van der Waals surface area (Å²) in [5.74, 6) is 0. The molecule has 0 aliphatic carbocycles. The van der Waals surface area contributed by atoms with Crippen LogP contribution in [0.25, 0.3) is 0 Å². The molecule has 2 heteroatoms. The normalized spacial score (nSPS) is 41.8. The molecule has 0 radical (unpaired) electrons. The lowest BCUT2D eigenvalue weighted by atomic mass is 9.91. The number of rotatable bonds is 1. The summed E-state index contributed by atoms with van der Waals surface area (Å²) in [6.07, 6.45) is 3.81. The number of halogens is 1. The molecule has 0 aromatic heterocycles. The summed E-state index contributed by atoms with van der Waals surface area (Å²) in [5, 5.41) is 0. The van der Waals surface area contributed by atoms with Gasteiger partial charge in [0.2, 0.25) is 0 Å². The molecule has 0 unspecified atom stereocenters. The first-order valence-electron chi connectivity index (χ1n) is 6.10. The Morgan fingerprint density at radius 1 is 1.43 bits per heavy atom. The molecular formula is C12H24FN.